The van der Waals surface area contributed by atoms with Gasteiger partial charge in [-0.15, -0.1) is 0 Å². The van der Waals surface area contributed by atoms with E-state index >= 15 is 0 Å². The molecule has 1 N–H and O–H groups in total. The number of hydrogen-bond acceptors (Lipinski definition) is 5. The van der Waals surface area contributed by atoms with Crippen molar-refractivity contribution >= 4 is 27.8 Å². The summed E-state index contributed by atoms with van der Waals surface area (Å²) in [6.45, 7) is 2.21. The van der Waals surface area contributed by atoms with E-state index in [4.69, 9.17) is 9.47 Å². The predicted octanol–water partition coefficient (Wildman–Crippen LogP) is 2.53. The van der Waals surface area contributed by atoms with E-state index in [1.165, 1.54) is 7.11 Å². The van der Waals surface area contributed by atoms with Crippen LogP contribution in [0.25, 0.3) is 21.8 Å². The molecule has 2 aliphatic rings. The maximum absolute atomic E-state index is 13.3. The van der Waals surface area contributed by atoms with Crippen LogP contribution in [0, 0.1) is 5.92 Å². The number of pyridine rings is 1. The van der Waals surface area contributed by atoms with Gasteiger partial charge in [0.05, 0.1) is 30.4 Å². The monoisotopic (exact) mass is 364 g/mol. The summed E-state index contributed by atoms with van der Waals surface area (Å²) in [5.41, 5.74) is 2.22. The van der Waals surface area contributed by atoms with Gasteiger partial charge < -0.3 is 19.1 Å². The highest BCUT2D eigenvalue weighted by Gasteiger charge is 2.61. The number of esters is 1. The number of fused-ring (bicyclic) bond motifs is 5. The summed E-state index contributed by atoms with van der Waals surface area (Å²) in [6.07, 6.45) is 3.00. The van der Waals surface area contributed by atoms with Crippen LogP contribution in [0.3, 0.4) is 0 Å². The molecule has 0 amide bonds. The molecule has 6 heteroatoms. The van der Waals surface area contributed by atoms with Gasteiger partial charge in [0.2, 0.25) is 5.54 Å². The lowest BCUT2D eigenvalue weighted by molar-refractivity contribution is -0.214. The molecular weight excluding hydrogens is 344 g/mol. The van der Waals surface area contributed by atoms with Crippen LogP contribution in [0.2, 0.25) is 0 Å². The van der Waals surface area contributed by atoms with Gasteiger partial charge in [-0.2, -0.15) is 0 Å². The standard InChI is InChI=1S/C21H20N2O4/c1-3-12-11-27-20(25)21(19(24)26-2)15(12)10-16-18-14(8-9-22-16)13-6-4-5-7-17(13)23(18)21/h3-9,15,20,25H,10-11H2,1-2H3/b12-3+. The van der Waals surface area contributed by atoms with Crippen LogP contribution < -0.4 is 0 Å². The predicted molar refractivity (Wildman–Crippen MR) is 100 cm³/mol. The number of methoxy groups -OCH3 is 1. The summed E-state index contributed by atoms with van der Waals surface area (Å²) >= 11 is 0. The van der Waals surface area contributed by atoms with E-state index in [0.717, 1.165) is 33.1 Å². The third-order valence-electron chi connectivity index (χ3n) is 6.07. The maximum atomic E-state index is 13.3. The van der Waals surface area contributed by atoms with Crippen LogP contribution in [0.4, 0.5) is 0 Å². The Hall–Kier alpha value is -2.70. The highest BCUT2D eigenvalue weighted by molar-refractivity contribution is 6.10. The minimum absolute atomic E-state index is 0.283. The smallest absolute Gasteiger partial charge is 0.338 e. The Morgan fingerprint density at radius 1 is 1.37 bits per heavy atom. The molecule has 27 heavy (non-hydrogen) atoms. The molecule has 2 aromatic heterocycles. The Bertz CT molecular complexity index is 1120. The van der Waals surface area contributed by atoms with E-state index in [1.807, 2.05) is 54.1 Å². The van der Waals surface area contributed by atoms with Crippen molar-refractivity contribution in [1.82, 2.24) is 9.55 Å². The summed E-state index contributed by atoms with van der Waals surface area (Å²) in [5, 5.41) is 13.1. The molecule has 0 bridgehead atoms. The van der Waals surface area contributed by atoms with Crippen LogP contribution in [-0.2, 0) is 26.2 Å². The van der Waals surface area contributed by atoms with E-state index in [9.17, 15) is 9.90 Å². The second kappa shape index (κ2) is 5.65. The normalized spacial score (nSPS) is 28.5. The Kier molecular flexibility index (Phi) is 3.44. The first-order valence-corrected chi connectivity index (χ1v) is 9.05. The van der Waals surface area contributed by atoms with Crippen LogP contribution in [0.5, 0.6) is 0 Å². The quantitative estimate of drug-likeness (QED) is 0.531. The molecule has 5 rings (SSSR count). The SMILES string of the molecule is C/C=C1\COC(O)C2(C(=O)OC)C1Cc1nccc3c4ccccc4n2c13. The fraction of sp³-hybridized carbons (Fsp3) is 0.333. The first kappa shape index (κ1) is 16.5. The summed E-state index contributed by atoms with van der Waals surface area (Å²) in [7, 11) is 1.35. The zero-order valence-corrected chi connectivity index (χ0v) is 15.2. The molecule has 0 spiro atoms. The van der Waals surface area contributed by atoms with E-state index in [-0.39, 0.29) is 12.5 Å². The Morgan fingerprint density at radius 2 is 2.19 bits per heavy atom. The number of ether oxygens (including phenoxy) is 2. The number of benzene rings is 1. The number of aliphatic hydroxyl groups is 1. The molecule has 1 fully saturated rings. The van der Waals surface area contributed by atoms with Crippen molar-refractivity contribution in [2.45, 2.75) is 25.2 Å². The van der Waals surface area contributed by atoms with Crippen molar-refractivity contribution in [3.63, 3.8) is 0 Å². The largest absolute Gasteiger partial charge is 0.467 e. The molecule has 0 saturated carbocycles. The minimum atomic E-state index is -1.38. The number of rotatable bonds is 1. The van der Waals surface area contributed by atoms with Crippen molar-refractivity contribution in [3.05, 3.63) is 53.9 Å². The number of carbonyl (C=O) groups excluding carboxylic acids is 1. The minimum Gasteiger partial charge on any atom is -0.467 e. The number of allylic oxidation sites excluding steroid dienone is 1. The van der Waals surface area contributed by atoms with Gasteiger partial charge in [0.25, 0.3) is 0 Å². The summed E-state index contributed by atoms with van der Waals surface area (Å²) < 4.78 is 12.8. The fourth-order valence-corrected chi connectivity index (χ4v) is 4.90. The molecule has 3 aromatic rings. The molecule has 138 valence electrons. The van der Waals surface area contributed by atoms with Crippen molar-refractivity contribution < 1.29 is 19.4 Å². The highest BCUT2D eigenvalue weighted by Crippen LogP contribution is 2.50. The van der Waals surface area contributed by atoms with Crippen LogP contribution in [0.15, 0.2) is 48.2 Å². The highest BCUT2D eigenvalue weighted by atomic mass is 16.6. The zero-order chi connectivity index (χ0) is 18.8. The number of para-hydroxylation sites is 1. The van der Waals surface area contributed by atoms with E-state index < -0.39 is 17.8 Å². The van der Waals surface area contributed by atoms with E-state index in [0.29, 0.717) is 6.42 Å². The Balaban J connectivity index is 2.00. The van der Waals surface area contributed by atoms with Gasteiger partial charge in [-0.3, -0.25) is 4.98 Å². The maximum Gasteiger partial charge on any atom is 0.338 e. The van der Waals surface area contributed by atoms with Crippen molar-refractivity contribution in [3.8, 4) is 0 Å². The van der Waals surface area contributed by atoms with Crippen LogP contribution in [-0.4, -0.2) is 40.6 Å². The molecule has 0 aliphatic carbocycles. The van der Waals surface area contributed by atoms with E-state index in [2.05, 4.69) is 4.98 Å². The van der Waals surface area contributed by atoms with Gasteiger partial charge in [-0.25, -0.2) is 4.79 Å². The molecule has 0 radical (unpaired) electrons. The van der Waals surface area contributed by atoms with Gasteiger partial charge in [-0.05, 0) is 24.6 Å². The lowest BCUT2D eigenvalue weighted by atomic mass is 9.71. The summed E-state index contributed by atoms with van der Waals surface area (Å²) in [5.74, 6) is -0.795. The van der Waals surface area contributed by atoms with Crippen LogP contribution in [0.1, 0.15) is 12.6 Å². The second-order valence-electron chi connectivity index (χ2n) is 7.11. The molecule has 2 aliphatic heterocycles. The average Bonchev–Trinajstić information content (AvgIpc) is 3.05. The molecule has 3 atom stereocenters. The third-order valence-corrected chi connectivity index (χ3v) is 6.07. The third kappa shape index (κ3) is 1.86. The van der Waals surface area contributed by atoms with Gasteiger partial charge in [0.15, 0.2) is 6.29 Å². The second-order valence-corrected chi connectivity index (χ2v) is 7.11. The Morgan fingerprint density at radius 3 is 2.96 bits per heavy atom. The topological polar surface area (TPSA) is 73.6 Å². The number of carbonyl (C=O) groups is 1. The van der Waals surface area contributed by atoms with Gasteiger partial charge in [0, 0.05) is 29.3 Å². The molecule has 3 unspecified atom stereocenters. The zero-order valence-electron chi connectivity index (χ0n) is 15.2. The number of hydrogen-bond donors (Lipinski definition) is 1. The van der Waals surface area contributed by atoms with Gasteiger partial charge in [-0.1, -0.05) is 24.3 Å². The first-order valence-electron chi connectivity index (χ1n) is 9.05. The van der Waals surface area contributed by atoms with Crippen molar-refractivity contribution in [1.29, 1.82) is 0 Å². The number of nitrogens with zero attached hydrogens (tertiary/aromatic N) is 2. The van der Waals surface area contributed by atoms with Gasteiger partial charge >= 0.3 is 5.97 Å². The van der Waals surface area contributed by atoms with Crippen molar-refractivity contribution in [2.24, 2.45) is 5.92 Å². The molecule has 1 aromatic carbocycles. The summed E-state index contributed by atoms with van der Waals surface area (Å²) in [6, 6.07) is 9.84. The van der Waals surface area contributed by atoms with Gasteiger partial charge in [0.1, 0.15) is 0 Å². The summed E-state index contributed by atoms with van der Waals surface area (Å²) in [4.78, 5) is 17.9. The average molecular weight is 364 g/mol. The van der Waals surface area contributed by atoms with Crippen molar-refractivity contribution in [2.75, 3.05) is 13.7 Å². The Labute approximate surface area is 156 Å². The molecule has 4 heterocycles. The number of aromatic nitrogens is 2. The lowest BCUT2D eigenvalue weighted by Crippen LogP contribution is -2.63. The van der Waals surface area contributed by atoms with Crippen LogP contribution >= 0.6 is 0 Å². The molecule has 6 nitrogen and oxygen atoms in total. The van der Waals surface area contributed by atoms with E-state index in [1.54, 1.807) is 0 Å². The number of aliphatic hydroxyl groups excluding tert-OH is 1. The molecule has 1 saturated heterocycles. The fourth-order valence-electron chi connectivity index (χ4n) is 4.90. The lowest BCUT2D eigenvalue weighted by Gasteiger charge is -2.49. The first-order chi connectivity index (χ1) is 13.1. The molecular formula is C21H20N2O4.